The largest absolute Gasteiger partial charge is 0.459 e. The maximum atomic E-state index is 13.6. The van der Waals surface area contributed by atoms with E-state index in [-0.39, 0.29) is 18.9 Å². The Morgan fingerprint density at radius 1 is 1.06 bits per heavy atom. The van der Waals surface area contributed by atoms with Crippen LogP contribution in [0.1, 0.15) is 44.7 Å². The first kappa shape index (κ1) is 26.8. The van der Waals surface area contributed by atoms with E-state index in [4.69, 9.17) is 32.7 Å². The Morgan fingerprint density at radius 3 is 2.43 bits per heavy atom. The fourth-order valence-electron chi connectivity index (χ4n) is 3.85. The van der Waals surface area contributed by atoms with E-state index in [0.29, 0.717) is 35.0 Å². The summed E-state index contributed by atoms with van der Waals surface area (Å²) < 4.78 is 10.9. The van der Waals surface area contributed by atoms with Gasteiger partial charge in [0.1, 0.15) is 24.3 Å². The van der Waals surface area contributed by atoms with Crippen molar-refractivity contribution in [3.8, 4) is 0 Å². The molecular weight excluding hydrogens is 491 g/mol. The molecule has 2 aromatic carbocycles. The number of nitrogens with one attached hydrogen (secondary N) is 1. The standard InChI is InChI=1S/C26H30Cl2N2O5/c1-26(2,3)35-25(33)29-21(15-18-11-12-19(27)20(28)14-18)23(31)30-13-7-10-22(30)24(32)34-16-17-8-5-4-6-9-17/h4-6,8-9,11-12,14,21-22H,7,10,13,15-16H2,1-3H3,(H,29,33)/t21?,22-/m1/s1. The quantitative estimate of drug-likeness (QED) is 0.509. The van der Waals surface area contributed by atoms with Crippen molar-refractivity contribution in [2.24, 2.45) is 0 Å². The topological polar surface area (TPSA) is 84.9 Å². The maximum Gasteiger partial charge on any atom is 0.408 e. The highest BCUT2D eigenvalue weighted by atomic mass is 35.5. The minimum Gasteiger partial charge on any atom is -0.459 e. The SMILES string of the molecule is CC(C)(C)OC(=O)NC(Cc1ccc(Cl)c(Cl)c1)C(=O)N1CCC[C@@H]1C(=O)OCc1ccccc1. The Kier molecular flexibility index (Phi) is 9.03. The lowest BCUT2D eigenvalue weighted by molar-refractivity contribution is -0.155. The molecule has 1 aliphatic heterocycles. The van der Waals surface area contributed by atoms with Crippen molar-refractivity contribution in [2.45, 2.75) is 64.3 Å². The predicted molar refractivity (Wildman–Crippen MR) is 134 cm³/mol. The van der Waals surface area contributed by atoms with Crippen LogP contribution in [0.4, 0.5) is 4.79 Å². The van der Waals surface area contributed by atoms with E-state index in [1.807, 2.05) is 30.3 Å². The van der Waals surface area contributed by atoms with Crippen molar-refractivity contribution < 1.29 is 23.9 Å². The number of nitrogens with zero attached hydrogens (tertiary/aromatic N) is 1. The Morgan fingerprint density at radius 2 is 1.77 bits per heavy atom. The van der Waals surface area contributed by atoms with Gasteiger partial charge >= 0.3 is 12.1 Å². The van der Waals surface area contributed by atoms with Crippen LogP contribution in [-0.2, 0) is 32.1 Å². The predicted octanol–water partition coefficient (Wildman–Crippen LogP) is 5.16. The lowest BCUT2D eigenvalue weighted by atomic mass is 10.0. The summed E-state index contributed by atoms with van der Waals surface area (Å²) in [6.07, 6.45) is 0.573. The monoisotopic (exact) mass is 520 g/mol. The highest BCUT2D eigenvalue weighted by molar-refractivity contribution is 6.42. The molecule has 1 heterocycles. The van der Waals surface area contributed by atoms with Crippen molar-refractivity contribution in [1.82, 2.24) is 10.2 Å². The summed E-state index contributed by atoms with van der Waals surface area (Å²) in [6, 6.07) is 12.7. The second kappa shape index (κ2) is 11.8. The van der Waals surface area contributed by atoms with Crippen LogP contribution < -0.4 is 5.32 Å². The molecule has 2 aromatic rings. The molecule has 0 bridgehead atoms. The van der Waals surface area contributed by atoms with Gasteiger partial charge in [-0.3, -0.25) is 4.79 Å². The number of alkyl carbamates (subject to hydrolysis) is 1. The minimum absolute atomic E-state index is 0.126. The number of likely N-dealkylation sites (tertiary alicyclic amines) is 1. The van der Waals surface area contributed by atoms with Crippen molar-refractivity contribution >= 4 is 41.2 Å². The van der Waals surface area contributed by atoms with Gasteiger partial charge in [-0.05, 0) is 56.9 Å². The third-order valence-corrected chi connectivity index (χ3v) is 6.18. The van der Waals surface area contributed by atoms with Crippen molar-refractivity contribution in [3.63, 3.8) is 0 Å². The summed E-state index contributed by atoms with van der Waals surface area (Å²) in [5, 5.41) is 3.40. The van der Waals surface area contributed by atoms with Crippen LogP contribution in [0, 0.1) is 0 Å². The van der Waals surface area contributed by atoms with Crippen LogP contribution in [0.15, 0.2) is 48.5 Å². The molecular formula is C26H30Cl2N2O5. The maximum absolute atomic E-state index is 13.6. The van der Waals surface area contributed by atoms with Gasteiger partial charge in [-0.1, -0.05) is 59.6 Å². The van der Waals surface area contributed by atoms with Crippen LogP contribution in [0.5, 0.6) is 0 Å². The van der Waals surface area contributed by atoms with E-state index < -0.39 is 29.7 Å². The molecule has 0 aromatic heterocycles. The van der Waals surface area contributed by atoms with Crippen LogP contribution in [0.3, 0.4) is 0 Å². The van der Waals surface area contributed by atoms with Gasteiger partial charge in [0.25, 0.3) is 0 Å². The first-order chi connectivity index (χ1) is 16.5. The molecule has 0 aliphatic carbocycles. The van der Waals surface area contributed by atoms with Crippen molar-refractivity contribution in [3.05, 3.63) is 69.7 Å². The fourth-order valence-corrected chi connectivity index (χ4v) is 4.17. The number of amides is 2. The summed E-state index contributed by atoms with van der Waals surface area (Å²) in [6.45, 7) is 5.73. The molecule has 1 aliphatic rings. The Labute approximate surface area is 215 Å². The number of benzene rings is 2. The lowest BCUT2D eigenvalue weighted by Crippen LogP contribution is -2.53. The molecule has 7 nitrogen and oxygen atoms in total. The number of halogens is 2. The molecule has 0 saturated carbocycles. The normalized spacial score (nSPS) is 16.5. The second-order valence-electron chi connectivity index (χ2n) is 9.43. The van der Waals surface area contributed by atoms with Crippen LogP contribution >= 0.6 is 23.2 Å². The number of esters is 1. The van der Waals surface area contributed by atoms with Gasteiger partial charge in [-0.15, -0.1) is 0 Å². The molecule has 1 fully saturated rings. The van der Waals surface area contributed by atoms with E-state index in [1.165, 1.54) is 4.90 Å². The molecule has 1 N–H and O–H groups in total. The van der Waals surface area contributed by atoms with Crippen molar-refractivity contribution in [2.75, 3.05) is 6.54 Å². The molecule has 9 heteroatoms. The highest BCUT2D eigenvalue weighted by Gasteiger charge is 2.39. The average molecular weight is 521 g/mol. The van der Waals surface area contributed by atoms with E-state index in [2.05, 4.69) is 5.32 Å². The molecule has 35 heavy (non-hydrogen) atoms. The molecule has 0 radical (unpaired) electrons. The zero-order chi connectivity index (χ0) is 25.6. The molecule has 3 rings (SSSR count). The molecule has 1 unspecified atom stereocenters. The molecule has 1 saturated heterocycles. The van der Waals surface area contributed by atoms with Gasteiger partial charge in [0, 0.05) is 13.0 Å². The number of rotatable bonds is 7. The smallest absolute Gasteiger partial charge is 0.408 e. The van der Waals surface area contributed by atoms with Gasteiger partial charge < -0.3 is 19.7 Å². The van der Waals surface area contributed by atoms with E-state index >= 15 is 0 Å². The van der Waals surface area contributed by atoms with Crippen LogP contribution in [0.25, 0.3) is 0 Å². The lowest BCUT2D eigenvalue weighted by Gasteiger charge is -2.29. The van der Waals surface area contributed by atoms with E-state index in [1.54, 1.807) is 39.0 Å². The van der Waals surface area contributed by atoms with Gasteiger partial charge in [-0.25, -0.2) is 9.59 Å². The first-order valence-electron chi connectivity index (χ1n) is 11.5. The average Bonchev–Trinajstić information content (AvgIpc) is 3.28. The number of hydrogen-bond donors (Lipinski definition) is 1. The summed E-state index contributed by atoms with van der Waals surface area (Å²) >= 11 is 12.2. The molecule has 188 valence electrons. The highest BCUT2D eigenvalue weighted by Crippen LogP contribution is 2.25. The van der Waals surface area contributed by atoms with Gasteiger partial charge in [0.15, 0.2) is 0 Å². The molecule has 2 atom stereocenters. The Balaban J connectivity index is 1.75. The van der Waals surface area contributed by atoms with E-state index in [0.717, 1.165) is 5.56 Å². The molecule has 2 amide bonds. The van der Waals surface area contributed by atoms with Gasteiger partial charge in [0.05, 0.1) is 10.0 Å². The zero-order valence-electron chi connectivity index (χ0n) is 20.1. The number of ether oxygens (including phenoxy) is 2. The van der Waals surface area contributed by atoms with E-state index in [9.17, 15) is 14.4 Å². The zero-order valence-corrected chi connectivity index (χ0v) is 21.6. The number of carbonyl (C=O) groups excluding carboxylic acids is 3. The summed E-state index contributed by atoms with van der Waals surface area (Å²) in [5.41, 5.74) is 0.829. The van der Waals surface area contributed by atoms with Gasteiger partial charge in [-0.2, -0.15) is 0 Å². The Bertz CT molecular complexity index is 1060. The Hall–Kier alpha value is -2.77. The van der Waals surface area contributed by atoms with Crippen LogP contribution in [0.2, 0.25) is 10.0 Å². The number of carbonyl (C=O) groups is 3. The van der Waals surface area contributed by atoms with Crippen LogP contribution in [-0.4, -0.2) is 47.1 Å². The summed E-state index contributed by atoms with van der Waals surface area (Å²) in [7, 11) is 0. The minimum atomic E-state index is -0.968. The summed E-state index contributed by atoms with van der Waals surface area (Å²) in [4.78, 5) is 40.4. The van der Waals surface area contributed by atoms with Crippen molar-refractivity contribution in [1.29, 1.82) is 0 Å². The van der Waals surface area contributed by atoms with Gasteiger partial charge in [0.2, 0.25) is 5.91 Å². The second-order valence-corrected chi connectivity index (χ2v) is 10.2. The summed E-state index contributed by atoms with van der Waals surface area (Å²) in [5.74, 6) is -0.855. The molecule has 0 spiro atoms. The fraction of sp³-hybridized carbons (Fsp3) is 0.423. The first-order valence-corrected chi connectivity index (χ1v) is 12.2. The third-order valence-electron chi connectivity index (χ3n) is 5.44. The third kappa shape index (κ3) is 7.87. The number of hydrogen-bond acceptors (Lipinski definition) is 5.